The summed E-state index contributed by atoms with van der Waals surface area (Å²) in [6, 6.07) is 14.6. The van der Waals surface area contributed by atoms with Crippen LogP contribution < -0.4 is 10.1 Å². The first-order valence-electron chi connectivity index (χ1n) is 8.45. The SMILES string of the molecule is CCc1nnc2sc(-c3cccc(NC(=O)c4ccc(OC)cc4)c3)nn12. The number of amides is 1. The molecule has 0 aliphatic heterocycles. The number of aryl methyl sites for hydroxylation is 1. The Balaban J connectivity index is 1.57. The van der Waals surface area contributed by atoms with Crippen molar-refractivity contribution >= 4 is 27.9 Å². The molecule has 2 aromatic heterocycles. The third-order valence-electron chi connectivity index (χ3n) is 4.09. The highest BCUT2D eigenvalue weighted by Crippen LogP contribution is 2.27. The van der Waals surface area contributed by atoms with E-state index >= 15 is 0 Å². The van der Waals surface area contributed by atoms with E-state index in [1.165, 1.54) is 11.3 Å². The summed E-state index contributed by atoms with van der Waals surface area (Å²) < 4.78 is 6.88. The summed E-state index contributed by atoms with van der Waals surface area (Å²) in [6.45, 7) is 2.02. The summed E-state index contributed by atoms with van der Waals surface area (Å²) in [4.78, 5) is 13.2. The Bertz CT molecular complexity index is 1100. The molecule has 0 fully saturated rings. The molecule has 0 saturated heterocycles. The largest absolute Gasteiger partial charge is 0.497 e. The van der Waals surface area contributed by atoms with Crippen molar-refractivity contribution in [1.29, 1.82) is 0 Å². The molecule has 7 nitrogen and oxygen atoms in total. The number of carbonyl (C=O) groups excluding carboxylic acids is 1. The summed E-state index contributed by atoms with van der Waals surface area (Å²) >= 11 is 1.47. The van der Waals surface area contributed by atoms with Gasteiger partial charge in [0.2, 0.25) is 4.96 Å². The monoisotopic (exact) mass is 379 g/mol. The lowest BCUT2D eigenvalue weighted by Crippen LogP contribution is -2.11. The molecule has 0 unspecified atom stereocenters. The van der Waals surface area contributed by atoms with Crippen molar-refractivity contribution in [3.8, 4) is 16.3 Å². The van der Waals surface area contributed by atoms with Crippen molar-refractivity contribution in [2.75, 3.05) is 12.4 Å². The van der Waals surface area contributed by atoms with E-state index in [1.807, 2.05) is 31.2 Å². The first-order chi connectivity index (χ1) is 13.2. The van der Waals surface area contributed by atoms with Crippen molar-refractivity contribution < 1.29 is 9.53 Å². The van der Waals surface area contributed by atoms with Gasteiger partial charge in [-0.3, -0.25) is 4.79 Å². The molecule has 0 aliphatic carbocycles. The number of anilines is 1. The standard InChI is InChI=1S/C19H17N5O2S/c1-3-16-21-22-19-24(16)23-18(27-19)13-5-4-6-14(11-13)20-17(25)12-7-9-15(26-2)10-8-12/h4-11H,3H2,1-2H3,(H,20,25). The van der Waals surface area contributed by atoms with Gasteiger partial charge < -0.3 is 10.1 Å². The van der Waals surface area contributed by atoms with Gasteiger partial charge in [-0.15, -0.1) is 10.2 Å². The lowest BCUT2D eigenvalue weighted by atomic mass is 10.1. The number of carbonyl (C=O) groups is 1. The fraction of sp³-hybridized carbons (Fsp3) is 0.158. The summed E-state index contributed by atoms with van der Waals surface area (Å²) in [7, 11) is 1.59. The van der Waals surface area contributed by atoms with Gasteiger partial charge in [0.05, 0.1) is 7.11 Å². The van der Waals surface area contributed by atoms with E-state index in [0.717, 1.165) is 27.8 Å². The average Bonchev–Trinajstić information content (AvgIpc) is 3.29. The number of nitrogens with zero attached hydrogens (tertiary/aromatic N) is 4. The van der Waals surface area contributed by atoms with Crippen molar-refractivity contribution in [1.82, 2.24) is 19.8 Å². The number of methoxy groups -OCH3 is 1. The minimum absolute atomic E-state index is 0.179. The molecule has 0 spiro atoms. The molecule has 0 atom stereocenters. The molecule has 27 heavy (non-hydrogen) atoms. The van der Waals surface area contributed by atoms with Crippen LogP contribution in [-0.2, 0) is 6.42 Å². The number of benzene rings is 2. The van der Waals surface area contributed by atoms with Crippen LogP contribution in [0.3, 0.4) is 0 Å². The number of hydrogen-bond donors (Lipinski definition) is 1. The molecule has 136 valence electrons. The van der Waals surface area contributed by atoms with Crippen LogP contribution in [-0.4, -0.2) is 32.8 Å². The fourth-order valence-corrected chi connectivity index (χ4v) is 3.52. The number of rotatable bonds is 5. The van der Waals surface area contributed by atoms with E-state index in [1.54, 1.807) is 35.9 Å². The second kappa shape index (κ2) is 7.16. The summed E-state index contributed by atoms with van der Waals surface area (Å²) in [5.74, 6) is 1.36. The quantitative estimate of drug-likeness (QED) is 0.572. The van der Waals surface area contributed by atoms with Gasteiger partial charge in [-0.1, -0.05) is 30.4 Å². The molecular formula is C19H17N5O2S. The highest BCUT2D eigenvalue weighted by Gasteiger charge is 2.13. The van der Waals surface area contributed by atoms with Crippen LogP contribution in [0.2, 0.25) is 0 Å². The van der Waals surface area contributed by atoms with Crippen LogP contribution in [0, 0.1) is 0 Å². The number of aromatic nitrogens is 4. The topological polar surface area (TPSA) is 81.4 Å². The van der Waals surface area contributed by atoms with E-state index < -0.39 is 0 Å². The molecule has 4 rings (SSSR count). The molecule has 0 bridgehead atoms. The van der Waals surface area contributed by atoms with Gasteiger partial charge in [-0.25, -0.2) is 0 Å². The predicted molar refractivity (Wildman–Crippen MR) is 104 cm³/mol. The highest BCUT2D eigenvalue weighted by molar-refractivity contribution is 7.19. The van der Waals surface area contributed by atoms with E-state index in [4.69, 9.17) is 4.74 Å². The Morgan fingerprint density at radius 3 is 2.74 bits per heavy atom. The van der Waals surface area contributed by atoms with Gasteiger partial charge in [0.15, 0.2) is 5.82 Å². The van der Waals surface area contributed by atoms with E-state index in [-0.39, 0.29) is 5.91 Å². The molecule has 1 N–H and O–H groups in total. The fourth-order valence-electron chi connectivity index (χ4n) is 2.67. The predicted octanol–water partition coefficient (Wildman–Crippen LogP) is 3.68. The van der Waals surface area contributed by atoms with E-state index in [9.17, 15) is 4.79 Å². The minimum atomic E-state index is -0.179. The van der Waals surface area contributed by atoms with Crippen LogP contribution >= 0.6 is 11.3 Å². The van der Waals surface area contributed by atoms with Crippen molar-refractivity contribution in [3.63, 3.8) is 0 Å². The van der Waals surface area contributed by atoms with Gasteiger partial charge in [-0.2, -0.15) is 9.61 Å². The molecule has 8 heteroatoms. The minimum Gasteiger partial charge on any atom is -0.497 e. The molecule has 0 radical (unpaired) electrons. The smallest absolute Gasteiger partial charge is 0.255 e. The average molecular weight is 379 g/mol. The summed E-state index contributed by atoms with van der Waals surface area (Å²) in [5, 5.41) is 16.6. The molecule has 0 aliphatic rings. The van der Waals surface area contributed by atoms with Crippen molar-refractivity contribution in [2.24, 2.45) is 0 Å². The van der Waals surface area contributed by atoms with Crippen molar-refractivity contribution in [2.45, 2.75) is 13.3 Å². The summed E-state index contributed by atoms with van der Waals surface area (Å²) in [5.41, 5.74) is 2.18. The molecule has 2 aromatic carbocycles. The van der Waals surface area contributed by atoms with E-state index in [2.05, 4.69) is 20.6 Å². The molecule has 0 saturated carbocycles. The Hall–Kier alpha value is -3.26. The lowest BCUT2D eigenvalue weighted by Gasteiger charge is -2.07. The Kier molecular flexibility index (Phi) is 4.55. The van der Waals surface area contributed by atoms with Crippen LogP contribution in [0.1, 0.15) is 23.1 Å². The molecule has 4 aromatic rings. The summed E-state index contributed by atoms with van der Waals surface area (Å²) in [6.07, 6.45) is 0.766. The number of hydrogen-bond acceptors (Lipinski definition) is 6. The molecular weight excluding hydrogens is 362 g/mol. The zero-order chi connectivity index (χ0) is 18.8. The number of nitrogens with one attached hydrogen (secondary N) is 1. The lowest BCUT2D eigenvalue weighted by molar-refractivity contribution is 0.102. The highest BCUT2D eigenvalue weighted by atomic mass is 32.1. The normalized spacial score (nSPS) is 10.9. The Morgan fingerprint density at radius 1 is 1.19 bits per heavy atom. The van der Waals surface area contributed by atoms with Crippen LogP contribution in [0.4, 0.5) is 5.69 Å². The Labute approximate surface area is 159 Å². The van der Waals surface area contributed by atoms with Crippen molar-refractivity contribution in [3.05, 3.63) is 59.9 Å². The van der Waals surface area contributed by atoms with Crippen LogP contribution in [0.25, 0.3) is 15.5 Å². The van der Waals surface area contributed by atoms with Gasteiger partial charge in [0, 0.05) is 23.2 Å². The van der Waals surface area contributed by atoms with E-state index in [0.29, 0.717) is 17.0 Å². The van der Waals surface area contributed by atoms with Crippen LogP contribution in [0.15, 0.2) is 48.5 Å². The zero-order valence-electron chi connectivity index (χ0n) is 14.8. The third kappa shape index (κ3) is 3.39. The second-order valence-electron chi connectivity index (χ2n) is 5.83. The maximum Gasteiger partial charge on any atom is 0.255 e. The third-order valence-corrected chi connectivity index (χ3v) is 5.04. The maximum absolute atomic E-state index is 12.5. The molecule has 1 amide bonds. The first-order valence-corrected chi connectivity index (χ1v) is 9.26. The number of ether oxygens (including phenoxy) is 1. The number of fused-ring (bicyclic) bond motifs is 1. The molecule has 2 heterocycles. The van der Waals surface area contributed by atoms with Gasteiger partial charge in [-0.05, 0) is 36.4 Å². The van der Waals surface area contributed by atoms with Gasteiger partial charge >= 0.3 is 0 Å². The maximum atomic E-state index is 12.5. The zero-order valence-corrected chi connectivity index (χ0v) is 15.7. The first kappa shape index (κ1) is 17.2. The van der Waals surface area contributed by atoms with Crippen LogP contribution in [0.5, 0.6) is 5.75 Å². The van der Waals surface area contributed by atoms with Gasteiger partial charge in [0.1, 0.15) is 10.8 Å². The second-order valence-corrected chi connectivity index (χ2v) is 6.79. The van der Waals surface area contributed by atoms with Gasteiger partial charge in [0.25, 0.3) is 5.91 Å². The Morgan fingerprint density at radius 2 is 2.00 bits per heavy atom.